The van der Waals surface area contributed by atoms with Crippen LogP contribution in [-0.2, 0) is 9.53 Å². The number of alkyl halides is 4. The third kappa shape index (κ3) is 6.28. The molecule has 0 aromatic heterocycles. The summed E-state index contributed by atoms with van der Waals surface area (Å²) in [6.07, 6.45) is -5.64. The second-order valence-electron chi connectivity index (χ2n) is 3.61. The van der Waals surface area contributed by atoms with Crippen molar-refractivity contribution in [1.82, 2.24) is 0 Å². The van der Waals surface area contributed by atoms with Gasteiger partial charge in [-0.1, -0.05) is 32.4 Å². The number of esters is 1. The highest BCUT2D eigenvalue weighted by Gasteiger charge is 2.47. The zero-order valence-electron chi connectivity index (χ0n) is 9.60. The van der Waals surface area contributed by atoms with E-state index >= 15 is 0 Å². The highest BCUT2D eigenvalue weighted by atomic mass is 19.4. The molecule has 2 nitrogen and oxygen atoms in total. The summed E-state index contributed by atoms with van der Waals surface area (Å²) in [6.45, 7) is 5.29. The number of rotatable bonds is 7. The fourth-order valence-electron chi connectivity index (χ4n) is 1.16. The van der Waals surface area contributed by atoms with Gasteiger partial charge >= 0.3 is 12.1 Å². The highest BCUT2D eigenvalue weighted by molar-refractivity contribution is 5.75. The summed E-state index contributed by atoms with van der Waals surface area (Å²) in [4.78, 5) is 10.8. The molecule has 0 spiro atoms. The summed E-state index contributed by atoms with van der Waals surface area (Å²) < 4.78 is 52.5. The summed E-state index contributed by atoms with van der Waals surface area (Å²) >= 11 is 0. The first-order chi connectivity index (χ1) is 7.82. The third-order valence-corrected chi connectivity index (χ3v) is 2.12. The predicted octanol–water partition coefficient (Wildman–Crippen LogP) is 3.56. The summed E-state index contributed by atoms with van der Waals surface area (Å²) in [7, 11) is 0. The van der Waals surface area contributed by atoms with Crippen LogP contribution >= 0.6 is 0 Å². The van der Waals surface area contributed by atoms with Gasteiger partial charge in [-0.2, -0.15) is 13.2 Å². The predicted molar refractivity (Wildman–Crippen MR) is 55.2 cm³/mol. The molecule has 0 aliphatic heterocycles. The normalized spacial score (nSPS) is 15.1. The second-order valence-corrected chi connectivity index (χ2v) is 3.61. The summed E-state index contributed by atoms with van der Waals surface area (Å²) in [5, 5.41) is 0. The first-order valence-electron chi connectivity index (χ1n) is 5.36. The quantitative estimate of drug-likeness (QED) is 0.301. The fourth-order valence-corrected chi connectivity index (χ4v) is 1.16. The van der Waals surface area contributed by atoms with Crippen molar-refractivity contribution in [3.8, 4) is 0 Å². The van der Waals surface area contributed by atoms with Crippen LogP contribution < -0.4 is 0 Å². The van der Waals surface area contributed by atoms with Crippen molar-refractivity contribution in [1.29, 1.82) is 0 Å². The van der Waals surface area contributed by atoms with Crippen LogP contribution in [0.5, 0.6) is 0 Å². The van der Waals surface area contributed by atoms with Crippen LogP contribution in [0.1, 0.15) is 32.6 Å². The minimum atomic E-state index is -5.22. The molecular formula is C11H16F4O2. The number of unbranched alkanes of at least 4 members (excludes halogenated alkanes) is 2. The zero-order valence-corrected chi connectivity index (χ0v) is 9.60. The lowest BCUT2D eigenvalue weighted by atomic mass is 10.1. The third-order valence-electron chi connectivity index (χ3n) is 2.12. The monoisotopic (exact) mass is 256 g/mol. The Bertz CT molecular complexity index is 250. The van der Waals surface area contributed by atoms with Gasteiger partial charge in [0.1, 0.15) is 6.10 Å². The van der Waals surface area contributed by atoms with Gasteiger partial charge in [0, 0.05) is 0 Å². The van der Waals surface area contributed by atoms with Crippen LogP contribution in [0.3, 0.4) is 0 Å². The van der Waals surface area contributed by atoms with Crippen LogP contribution in [-0.4, -0.2) is 24.4 Å². The molecule has 0 saturated heterocycles. The zero-order chi connectivity index (χ0) is 13.5. The van der Waals surface area contributed by atoms with Gasteiger partial charge in [-0.15, -0.1) is 0 Å². The van der Waals surface area contributed by atoms with E-state index in [9.17, 15) is 22.4 Å². The van der Waals surface area contributed by atoms with Crippen LogP contribution in [0, 0.1) is 0 Å². The molecule has 0 aliphatic carbocycles. The SMILES string of the molecule is C=CC(CCCCC)OC(=O)C(F)C(F)(F)F. The van der Waals surface area contributed by atoms with E-state index in [1.165, 1.54) is 6.08 Å². The Hall–Kier alpha value is -1.07. The maximum atomic E-state index is 12.6. The fraction of sp³-hybridized carbons (Fsp3) is 0.727. The number of halogens is 4. The highest BCUT2D eigenvalue weighted by Crippen LogP contribution is 2.24. The number of carbonyl (C=O) groups excluding carboxylic acids is 1. The molecular weight excluding hydrogens is 240 g/mol. The van der Waals surface area contributed by atoms with Crippen LogP contribution in [0.4, 0.5) is 17.6 Å². The molecule has 0 amide bonds. The van der Waals surface area contributed by atoms with E-state index in [1.807, 2.05) is 6.92 Å². The molecule has 100 valence electrons. The summed E-state index contributed by atoms with van der Waals surface area (Å²) in [5.74, 6) is -1.90. The van der Waals surface area contributed by atoms with Crippen molar-refractivity contribution in [2.24, 2.45) is 0 Å². The first kappa shape index (κ1) is 15.9. The smallest absolute Gasteiger partial charge is 0.430 e. The van der Waals surface area contributed by atoms with E-state index in [0.717, 1.165) is 12.8 Å². The van der Waals surface area contributed by atoms with Gasteiger partial charge in [0.25, 0.3) is 6.17 Å². The number of hydrogen-bond acceptors (Lipinski definition) is 2. The molecule has 0 heterocycles. The standard InChI is InChI=1S/C11H16F4O2/c1-3-5-6-7-8(4-2)17-10(16)9(12)11(13,14)15/h4,8-9H,2-3,5-7H2,1H3. The lowest BCUT2D eigenvalue weighted by Crippen LogP contribution is -2.35. The van der Waals surface area contributed by atoms with Crippen LogP contribution in [0.15, 0.2) is 12.7 Å². The van der Waals surface area contributed by atoms with Crippen molar-refractivity contribution >= 4 is 5.97 Å². The number of carbonyl (C=O) groups is 1. The van der Waals surface area contributed by atoms with E-state index in [2.05, 4.69) is 11.3 Å². The minimum absolute atomic E-state index is 0.355. The Labute approximate surface area is 97.6 Å². The number of ether oxygens (including phenoxy) is 1. The topological polar surface area (TPSA) is 26.3 Å². The Morgan fingerprint density at radius 1 is 1.41 bits per heavy atom. The molecule has 0 rings (SSSR count). The Morgan fingerprint density at radius 3 is 2.41 bits per heavy atom. The van der Waals surface area contributed by atoms with Gasteiger partial charge in [-0.3, -0.25) is 0 Å². The largest absolute Gasteiger partial charge is 0.456 e. The van der Waals surface area contributed by atoms with Gasteiger partial charge < -0.3 is 4.74 Å². The van der Waals surface area contributed by atoms with Crippen LogP contribution in [0.25, 0.3) is 0 Å². The summed E-state index contributed by atoms with van der Waals surface area (Å²) in [6, 6.07) is 0. The van der Waals surface area contributed by atoms with E-state index in [4.69, 9.17) is 0 Å². The molecule has 0 aromatic rings. The maximum absolute atomic E-state index is 12.6. The summed E-state index contributed by atoms with van der Waals surface area (Å²) in [5.41, 5.74) is 0. The van der Waals surface area contributed by atoms with Gasteiger partial charge in [-0.25, -0.2) is 9.18 Å². The van der Waals surface area contributed by atoms with Crippen molar-refractivity contribution in [2.75, 3.05) is 0 Å². The van der Waals surface area contributed by atoms with E-state index in [1.54, 1.807) is 0 Å². The Balaban J connectivity index is 4.19. The Morgan fingerprint density at radius 2 is 2.00 bits per heavy atom. The van der Waals surface area contributed by atoms with Crippen molar-refractivity contribution in [2.45, 2.75) is 51.1 Å². The lowest BCUT2D eigenvalue weighted by Gasteiger charge is -2.17. The molecule has 6 heteroatoms. The van der Waals surface area contributed by atoms with Crippen LogP contribution in [0.2, 0.25) is 0 Å². The molecule has 0 fully saturated rings. The van der Waals surface area contributed by atoms with E-state index in [-0.39, 0.29) is 0 Å². The van der Waals surface area contributed by atoms with Crippen molar-refractivity contribution in [3.63, 3.8) is 0 Å². The Kier molecular flexibility index (Phi) is 6.83. The molecule has 2 atom stereocenters. The van der Waals surface area contributed by atoms with Gasteiger partial charge in [0.2, 0.25) is 0 Å². The van der Waals surface area contributed by atoms with Gasteiger partial charge in [0.15, 0.2) is 0 Å². The molecule has 0 aliphatic rings. The van der Waals surface area contributed by atoms with E-state index < -0.39 is 24.4 Å². The molecule has 0 bridgehead atoms. The van der Waals surface area contributed by atoms with Crippen molar-refractivity contribution in [3.05, 3.63) is 12.7 Å². The molecule has 0 radical (unpaired) electrons. The first-order valence-corrected chi connectivity index (χ1v) is 5.36. The van der Waals surface area contributed by atoms with Gasteiger partial charge in [0.05, 0.1) is 0 Å². The minimum Gasteiger partial charge on any atom is -0.456 e. The lowest BCUT2D eigenvalue weighted by molar-refractivity contribution is -0.203. The molecule has 0 saturated carbocycles. The van der Waals surface area contributed by atoms with Gasteiger partial charge in [-0.05, 0) is 12.8 Å². The average Bonchev–Trinajstić information content (AvgIpc) is 2.25. The molecule has 2 unspecified atom stereocenters. The van der Waals surface area contributed by atoms with E-state index in [0.29, 0.717) is 12.8 Å². The van der Waals surface area contributed by atoms with Crippen molar-refractivity contribution < 1.29 is 27.1 Å². The number of hydrogen-bond donors (Lipinski definition) is 0. The molecule has 17 heavy (non-hydrogen) atoms. The molecule has 0 N–H and O–H groups in total. The second kappa shape index (κ2) is 7.29. The average molecular weight is 256 g/mol. The molecule has 0 aromatic carbocycles. The maximum Gasteiger partial charge on any atom is 0.430 e.